The minimum atomic E-state index is -0.262. The lowest BCUT2D eigenvalue weighted by Gasteiger charge is -2.36. The van der Waals surface area contributed by atoms with E-state index in [1.165, 1.54) is 31.4 Å². The maximum atomic E-state index is 13.4. The van der Waals surface area contributed by atoms with Crippen molar-refractivity contribution >= 4 is 0 Å². The summed E-state index contributed by atoms with van der Waals surface area (Å²) in [5.41, 5.74) is 1.39. The first-order chi connectivity index (χ1) is 10.2. The van der Waals surface area contributed by atoms with Gasteiger partial charge in [-0.3, -0.25) is 4.90 Å². The molecule has 0 aliphatic carbocycles. The second kappa shape index (κ2) is 8.11. The second-order valence-corrected chi connectivity index (χ2v) is 5.74. The van der Waals surface area contributed by atoms with Crippen molar-refractivity contribution in [3.63, 3.8) is 0 Å². The highest BCUT2D eigenvalue weighted by Gasteiger charge is 2.22. The number of nitriles is 1. The van der Waals surface area contributed by atoms with Crippen molar-refractivity contribution in [3.05, 3.63) is 35.1 Å². The molecule has 1 saturated heterocycles. The Morgan fingerprint density at radius 1 is 1.43 bits per heavy atom. The summed E-state index contributed by atoms with van der Waals surface area (Å²) in [7, 11) is 0. The molecule has 0 spiro atoms. The molecule has 1 heterocycles. The summed E-state index contributed by atoms with van der Waals surface area (Å²) in [5.74, 6) is -0.262. The Morgan fingerprint density at radius 2 is 2.29 bits per heavy atom. The van der Waals surface area contributed by atoms with Crippen LogP contribution in [-0.4, -0.2) is 30.6 Å². The molecule has 2 rings (SSSR count). The molecule has 21 heavy (non-hydrogen) atoms. The van der Waals surface area contributed by atoms with E-state index in [0.29, 0.717) is 18.2 Å². The van der Waals surface area contributed by atoms with Gasteiger partial charge >= 0.3 is 0 Å². The lowest BCUT2D eigenvalue weighted by Crippen LogP contribution is -2.45. The number of piperidine rings is 1. The van der Waals surface area contributed by atoms with Gasteiger partial charge in [-0.05, 0) is 56.1 Å². The zero-order valence-corrected chi connectivity index (χ0v) is 12.7. The number of nitrogens with zero attached hydrogens (tertiary/aromatic N) is 2. The molecule has 1 aromatic rings. The van der Waals surface area contributed by atoms with Gasteiger partial charge in [0.2, 0.25) is 0 Å². The van der Waals surface area contributed by atoms with Crippen molar-refractivity contribution in [3.8, 4) is 6.07 Å². The van der Waals surface area contributed by atoms with Crippen LogP contribution in [0, 0.1) is 17.1 Å². The summed E-state index contributed by atoms with van der Waals surface area (Å²) in [6.45, 7) is 5.87. The van der Waals surface area contributed by atoms with E-state index in [2.05, 4.69) is 23.2 Å². The van der Waals surface area contributed by atoms with Gasteiger partial charge in [0.05, 0.1) is 11.6 Å². The first-order valence-corrected chi connectivity index (χ1v) is 7.88. The fourth-order valence-corrected chi connectivity index (χ4v) is 2.97. The van der Waals surface area contributed by atoms with Crippen LogP contribution in [0.15, 0.2) is 18.2 Å². The van der Waals surface area contributed by atoms with Gasteiger partial charge in [0, 0.05) is 19.1 Å². The van der Waals surface area contributed by atoms with Crippen LogP contribution in [0.5, 0.6) is 0 Å². The van der Waals surface area contributed by atoms with Crippen molar-refractivity contribution < 1.29 is 4.39 Å². The molecular weight excluding hydrogens is 265 g/mol. The third kappa shape index (κ3) is 4.52. The Hall–Kier alpha value is -1.44. The lowest BCUT2D eigenvalue weighted by molar-refractivity contribution is 0.137. The summed E-state index contributed by atoms with van der Waals surface area (Å²) in [6, 6.07) is 7.10. The fourth-order valence-electron chi connectivity index (χ4n) is 2.97. The SMILES string of the molecule is CCCNCC1CCCCN1Cc1cc(F)ccc1C#N. The van der Waals surface area contributed by atoms with E-state index in [1.807, 2.05) is 0 Å². The molecule has 1 unspecified atom stereocenters. The third-order valence-electron chi connectivity index (χ3n) is 4.12. The van der Waals surface area contributed by atoms with Crippen LogP contribution in [0.3, 0.4) is 0 Å². The van der Waals surface area contributed by atoms with Crippen molar-refractivity contribution in [2.75, 3.05) is 19.6 Å². The maximum absolute atomic E-state index is 13.4. The number of rotatable bonds is 6. The molecule has 0 saturated carbocycles. The predicted molar refractivity (Wildman–Crippen MR) is 82.3 cm³/mol. The van der Waals surface area contributed by atoms with Crippen molar-refractivity contribution in [1.29, 1.82) is 5.26 Å². The highest BCUT2D eigenvalue weighted by molar-refractivity contribution is 5.37. The number of nitrogens with one attached hydrogen (secondary N) is 1. The summed E-state index contributed by atoms with van der Waals surface area (Å²) in [5, 5.41) is 12.7. The molecule has 1 aliphatic rings. The number of halogens is 1. The lowest BCUT2D eigenvalue weighted by atomic mass is 9.99. The van der Waals surface area contributed by atoms with Crippen LogP contribution in [0.1, 0.15) is 43.7 Å². The number of hydrogen-bond acceptors (Lipinski definition) is 3. The van der Waals surface area contributed by atoms with E-state index in [0.717, 1.165) is 31.6 Å². The molecule has 0 amide bonds. The first-order valence-electron chi connectivity index (χ1n) is 7.88. The molecule has 1 N–H and O–H groups in total. The summed E-state index contributed by atoms with van der Waals surface area (Å²) >= 11 is 0. The average Bonchev–Trinajstić information content (AvgIpc) is 2.49. The molecule has 0 radical (unpaired) electrons. The van der Waals surface area contributed by atoms with Gasteiger partial charge in [-0.25, -0.2) is 4.39 Å². The van der Waals surface area contributed by atoms with Crippen molar-refractivity contribution in [1.82, 2.24) is 10.2 Å². The van der Waals surface area contributed by atoms with Gasteiger partial charge in [-0.1, -0.05) is 13.3 Å². The highest BCUT2D eigenvalue weighted by atomic mass is 19.1. The average molecular weight is 289 g/mol. The van der Waals surface area contributed by atoms with Crippen LogP contribution < -0.4 is 5.32 Å². The standard InChI is InChI=1S/C17H24FN3/c1-2-8-20-12-17-5-3-4-9-21(17)13-15-10-16(18)7-6-14(15)11-19/h6-7,10,17,20H,2-5,8-9,12-13H2,1H3. The smallest absolute Gasteiger partial charge is 0.123 e. The topological polar surface area (TPSA) is 39.1 Å². The third-order valence-corrected chi connectivity index (χ3v) is 4.12. The maximum Gasteiger partial charge on any atom is 0.123 e. The van der Waals surface area contributed by atoms with Gasteiger partial charge in [0.15, 0.2) is 0 Å². The highest BCUT2D eigenvalue weighted by Crippen LogP contribution is 2.21. The number of hydrogen-bond donors (Lipinski definition) is 1. The van der Waals surface area contributed by atoms with Gasteiger partial charge in [-0.15, -0.1) is 0 Å². The van der Waals surface area contributed by atoms with Crippen LogP contribution >= 0.6 is 0 Å². The zero-order chi connectivity index (χ0) is 15.1. The Labute approximate surface area is 126 Å². The van der Waals surface area contributed by atoms with E-state index < -0.39 is 0 Å². The Balaban J connectivity index is 2.05. The van der Waals surface area contributed by atoms with Gasteiger partial charge < -0.3 is 5.32 Å². The molecule has 3 nitrogen and oxygen atoms in total. The monoisotopic (exact) mass is 289 g/mol. The number of likely N-dealkylation sites (tertiary alicyclic amines) is 1. The van der Waals surface area contributed by atoms with E-state index >= 15 is 0 Å². The van der Waals surface area contributed by atoms with Gasteiger partial charge in [0.25, 0.3) is 0 Å². The molecule has 1 fully saturated rings. The molecule has 1 atom stereocenters. The van der Waals surface area contributed by atoms with Crippen LogP contribution in [-0.2, 0) is 6.54 Å². The molecule has 0 bridgehead atoms. The molecular formula is C17H24FN3. The summed E-state index contributed by atoms with van der Waals surface area (Å²) < 4.78 is 13.4. The Morgan fingerprint density at radius 3 is 3.05 bits per heavy atom. The van der Waals surface area contributed by atoms with Gasteiger partial charge in [0.1, 0.15) is 5.82 Å². The zero-order valence-electron chi connectivity index (χ0n) is 12.7. The van der Waals surface area contributed by atoms with Crippen LogP contribution in [0.2, 0.25) is 0 Å². The second-order valence-electron chi connectivity index (χ2n) is 5.74. The van der Waals surface area contributed by atoms with E-state index in [1.54, 1.807) is 6.07 Å². The van der Waals surface area contributed by atoms with Gasteiger partial charge in [-0.2, -0.15) is 5.26 Å². The number of benzene rings is 1. The van der Waals surface area contributed by atoms with Crippen molar-refractivity contribution in [2.45, 2.75) is 45.2 Å². The normalized spacial score (nSPS) is 19.4. The van der Waals surface area contributed by atoms with E-state index in [4.69, 9.17) is 0 Å². The molecule has 1 aromatic carbocycles. The Bertz CT molecular complexity index is 495. The Kier molecular flexibility index (Phi) is 6.16. The van der Waals surface area contributed by atoms with Crippen LogP contribution in [0.25, 0.3) is 0 Å². The van der Waals surface area contributed by atoms with E-state index in [-0.39, 0.29) is 5.82 Å². The predicted octanol–water partition coefficient (Wildman–Crippen LogP) is 3.05. The fraction of sp³-hybridized carbons (Fsp3) is 0.588. The molecule has 0 aromatic heterocycles. The molecule has 4 heteroatoms. The van der Waals surface area contributed by atoms with E-state index in [9.17, 15) is 9.65 Å². The van der Waals surface area contributed by atoms with Crippen molar-refractivity contribution in [2.24, 2.45) is 0 Å². The van der Waals surface area contributed by atoms with Crippen LogP contribution in [0.4, 0.5) is 4.39 Å². The minimum Gasteiger partial charge on any atom is -0.315 e. The summed E-state index contributed by atoms with van der Waals surface area (Å²) in [4.78, 5) is 2.39. The molecule has 114 valence electrons. The minimum absolute atomic E-state index is 0.262. The largest absolute Gasteiger partial charge is 0.315 e. The quantitative estimate of drug-likeness (QED) is 0.818. The molecule has 1 aliphatic heterocycles. The first kappa shape index (κ1) is 15.9. The summed E-state index contributed by atoms with van der Waals surface area (Å²) in [6.07, 6.45) is 4.74.